The molecule has 1 fully saturated rings. The summed E-state index contributed by atoms with van der Waals surface area (Å²) in [6.45, 7) is 8.84. The molecule has 1 aromatic heterocycles. The Kier molecular flexibility index (Phi) is 5.28. The highest BCUT2D eigenvalue weighted by Crippen LogP contribution is 2.42. The molecule has 1 aromatic rings. The van der Waals surface area contributed by atoms with E-state index in [-0.39, 0.29) is 0 Å². The van der Waals surface area contributed by atoms with Crippen molar-refractivity contribution in [2.24, 2.45) is 5.92 Å². The Morgan fingerprint density at radius 2 is 2.16 bits per heavy atom. The van der Waals surface area contributed by atoms with E-state index in [1.807, 2.05) is 6.20 Å². The van der Waals surface area contributed by atoms with Gasteiger partial charge >= 0.3 is 0 Å². The Bertz CT molecular complexity index is 402. The summed E-state index contributed by atoms with van der Waals surface area (Å²) in [7, 11) is 0. The second-order valence-electron chi connectivity index (χ2n) is 5.70. The molecule has 108 valence electrons. The van der Waals surface area contributed by atoms with Crippen LogP contribution in [0.15, 0.2) is 6.20 Å². The summed E-state index contributed by atoms with van der Waals surface area (Å²) < 4.78 is 2.12. The van der Waals surface area contributed by atoms with Gasteiger partial charge in [-0.05, 0) is 38.1 Å². The summed E-state index contributed by atoms with van der Waals surface area (Å²) in [4.78, 5) is 0. The van der Waals surface area contributed by atoms with Gasteiger partial charge in [0.05, 0.1) is 16.9 Å². The number of hydrogen-bond acceptors (Lipinski definition) is 2. The lowest BCUT2D eigenvalue weighted by atomic mass is 9.92. The third-order valence-electron chi connectivity index (χ3n) is 4.33. The third kappa shape index (κ3) is 3.14. The zero-order valence-electron chi connectivity index (χ0n) is 12.3. The van der Waals surface area contributed by atoms with E-state index < -0.39 is 0 Å². The Hall–Kier alpha value is -0.540. The Morgan fingerprint density at radius 3 is 2.84 bits per heavy atom. The lowest BCUT2D eigenvalue weighted by molar-refractivity contribution is 0.391. The molecule has 1 aliphatic rings. The van der Waals surface area contributed by atoms with Gasteiger partial charge in [-0.25, -0.2) is 0 Å². The van der Waals surface area contributed by atoms with Gasteiger partial charge in [0.1, 0.15) is 0 Å². The number of aryl methyl sites for hydroxylation is 1. The molecule has 19 heavy (non-hydrogen) atoms. The fourth-order valence-electron chi connectivity index (χ4n) is 3.30. The molecule has 3 unspecified atom stereocenters. The van der Waals surface area contributed by atoms with Gasteiger partial charge in [0, 0.05) is 18.5 Å². The van der Waals surface area contributed by atoms with Crippen molar-refractivity contribution >= 4 is 11.6 Å². The first-order valence-corrected chi connectivity index (χ1v) is 8.01. The average molecular weight is 284 g/mol. The number of nitrogens with one attached hydrogen (secondary N) is 1. The van der Waals surface area contributed by atoms with Gasteiger partial charge < -0.3 is 5.32 Å². The summed E-state index contributed by atoms with van der Waals surface area (Å²) >= 11 is 6.37. The van der Waals surface area contributed by atoms with E-state index in [0.717, 1.165) is 24.5 Å². The minimum Gasteiger partial charge on any atom is -0.314 e. The normalized spacial score (nSPS) is 27.1. The van der Waals surface area contributed by atoms with Crippen molar-refractivity contribution in [3.63, 3.8) is 0 Å². The molecular formula is C15H26ClN3. The van der Waals surface area contributed by atoms with Gasteiger partial charge in [-0.1, -0.05) is 32.4 Å². The second kappa shape index (κ2) is 6.76. The average Bonchev–Trinajstić information content (AvgIpc) is 2.92. The fourth-order valence-corrected chi connectivity index (χ4v) is 3.58. The topological polar surface area (TPSA) is 29.9 Å². The Labute approximate surface area is 121 Å². The van der Waals surface area contributed by atoms with Gasteiger partial charge in [-0.15, -0.1) is 0 Å². The van der Waals surface area contributed by atoms with Crippen LogP contribution in [0.25, 0.3) is 0 Å². The number of halogens is 1. The zero-order chi connectivity index (χ0) is 13.8. The highest BCUT2D eigenvalue weighted by atomic mass is 35.5. The standard InChI is InChI=1S/C15H26ClN3/c1-4-8-17-14-7-6-12(11(14)3)15-13(16)10-18-19(15)9-5-2/h10-12,14,17H,4-9H2,1-3H3. The molecule has 0 radical (unpaired) electrons. The molecule has 0 bridgehead atoms. The van der Waals surface area contributed by atoms with Crippen LogP contribution in [-0.2, 0) is 6.54 Å². The van der Waals surface area contributed by atoms with Gasteiger partial charge in [-0.2, -0.15) is 5.10 Å². The van der Waals surface area contributed by atoms with Crippen molar-refractivity contribution in [2.45, 2.75) is 65.0 Å². The number of rotatable bonds is 6. The predicted octanol–water partition coefficient (Wildman–Crippen LogP) is 3.83. The van der Waals surface area contributed by atoms with E-state index in [0.29, 0.717) is 17.9 Å². The van der Waals surface area contributed by atoms with Gasteiger partial charge in [0.15, 0.2) is 0 Å². The molecule has 1 saturated carbocycles. The smallest absolute Gasteiger partial charge is 0.0820 e. The summed E-state index contributed by atoms with van der Waals surface area (Å²) in [6, 6.07) is 0.631. The highest BCUT2D eigenvalue weighted by molar-refractivity contribution is 6.31. The van der Waals surface area contributed by atoms with Gasteiger partial charge in [-0.3, -0.25) is 4.68 Å². The Morgan fingerprint density at radius 1 is 1.37 bits per heavy atom. The lowest BCUT2D eigenvalue weighted by Crippen LogP contribution is -2.33. The molecule has 3 atom stereocenters. The van der Waals surface area contributed by atoms with Gasteiger partial charge in [0.25, 0.3) is 0 Å². The maximum absolute atomic E-state index is 6.37. The summed E-state index contributed by atoms with van der Waals surface area (Å²) in [5.74, 6) is 1.19. The monoisotopic (exact) mass is 283 g/mol. The second-order valence-corrected chi connectivity index (χ2v) is 6.11. The molecule has 4 heteroatoms. The third-order valence-corrected chi connectivity index (χ3v) is 4.63. The van der Waals surface area contributed by atoms with Crippen LogP contribution >= 0.6 is 11.6 Å². The van der Waals surface area contributed by atoms with E-state index in [9.17, 15) is 0 Å². The van der Waals surface area contributed by atoms with Crippen LogP contribution in [-0.4, -0.2) is 22.4 Å². The van der Waals surface area contributed by atoms with Crippen molar-refractivity contribution in [3.8, 4) is 0 Å². The van der Waals surface area contributed by atoms with Gasteiger partial charge in [0.2, 0.25) is 0 Å². The predicted molar refractivity (Wildman–Crippen MR) is 80.7 cm³/mol. The quantitative estimate of drug-likeness (QED) is 0.860. The van der Waals surface area contributed by atoms with E-state index in [1.165, 1.54) is 25.0 Å². The van der Waals surface area contributed by atoms with Crippen LogP contribution in [0.3, 0.4) is 0 Å². The van der Waals surface area contributed by atoms with Crippen molar-refractivity contribution < 1.29 is 0 Å². The SMILES string of the molecule is CCCNC1CCC(c2c(Cl)cnn2CCC)C1C. The molecule has 0 aromatic carbocycles. The molecule has 0 aliphatic heterocycles. The zero-order valence-corrected chi connectivity index (χ0v) is 13.1. The van der Waals surface area contributed by atoms with Crippen LogP contribution in [0.5, 0.6) is 0 Å². The molecule has 1 heterocycles. The van der Waals surface area contributed by atoms with Crippen molar-refractivity contribution in [2.75, 3.05) is 6.54 Å². The van der Waals surface area contributed by atoms with Crippen molar-refractivity contribution in [1.29, 1.82) is 0 Å². The molecule has 0 spiro atoms. The number of nitrogens with zero attached hydrogens (tertiary/aromatic N) is 2. The van der Waals surface area contributed by atoms with Crippen LogP contribution in [0.1, 0.15) is 58.1 Å². The first kappa shape index (κ1) is 14.9. The largest absolute Gasteiger partial charge is 0.314 e. The lowest BCUT2D eigenvalue weighted by Gasteiger charge is -2.23. The molecule has 3 nitrogen and oxygen atoms in total. The summed E-state index contributed by atoms with van der Waals surface area (Å²) in [5.41, 5.74) is 1.26. The van der Waals surface area contributed by atoms with Crippen LogP contribution in [0.4, 0.5) is 0 Å². The van der Waals surface area contributed by atoms with Crippen molar-refractivity contribution in [1.82, 2.24) is 15.1 Å². The minimum atomic E-state index is 0.552. The van der Waals surface area contributed by atoms with E-state index in [1.54, 1.807) is 0 Å². The van der Waals surface area contributed by atoms with E-state index >= 15 is 0 Å². The van der Waals surface area contributed by atoms with Crippen LogP contribution in [0, 0.1) is 5.92 Å². The molecule has 2 rings (SSSR count). The molecule has 1 N–H and O–H groups in total. The number of hydrogen-bond donors (Lipinski definition) is 1. The first-order valence-electron chi connectivity index (χ1n) is 7.63. The fraction of sp³-hybridized carbons (Fsp3) is 0.800. The first-order chi connectivity index (χ1) is 9.19. The highest BCUT2D eigenvalue weighted by Gasteiger charge is 2.36. The maximum atomic E-state index is 6.37. The van der Waals surface area contributed by atoms with Crippen LogP contribution in [0.2, 0.25) is 5.02 Å². The summed E-state index contributed by atoms with van der Waals surface area (Å²) in [5, 5.41) is 8.96. The Balaban J connectivity index is 2.12. The molecule has 1 aliphatic carbocycles. The van der Waals surface area contributed by atoms with E-state index in [2.05, 4.69) is 35.9 Å². The molecule has 0 saturated heterocycles. The number of aromatic nitrogens is 2. The molecular weight excluding hydrogens is 258 g/mol. The molecule has 0 amide bonds. The minimum absolute atomic E-state index is 0.552. The van der Waals surface area contributed by atoms with Crippen molar-refractivity contribution in [3.05, 3.63) is 16.9 Å². The maximum Gasteiger partial charge on any atom is 0.0820 e. The van der Waals surface area contributed by atoms with Crippen LogP contribution < -0.4 is 5.32 Å². The van der Waals surface area contributed by atoms with E-state index in [4.69, 9.17) is 11.6 Å². The summed E-state index contributed by atoms with van der Waals surface area (Å²) in [6.07, 6.45) is 6.58.